The molecular weight excluding hydrogens is 721 g/mol. The summed E-state index contributed by atoms with van der Waals surface area (Å²) in [5.41, 5.74) is 1.50. The van der Waals surface area contributed by atoms with Gasteiger partial charge in [-0.15, -0.1) is 0 Å². The van der Waals surface area contributed by atoms with Gasteiger partial charge in [-0.3, -0.25) is 19.2 Å². The van der Waals surface area contributed by atoms with Crippen molar-refractivity contribution in [1.82, 2.24) is 0 Å². The molecule has 1 fully saturated rings. The predicted molar refractivity (Wildman–Crippen MR) is 204 cm³/mol. The van der Waals surface area contributed by atoms with Crippen molar-refractivity contribution in [2.24, 2.45) is 0 Å². The Kier molecular flexibility index (Phi) is 17.7. The summed E-state index contributed by atoms with van der Waals surface area (Å²) in [5.74, 6) is -2.63. The van der Waals surface area contributed by atoms with Crippen molar-refractivity contribution in [1.29, 1.82) is 0 Å². The van der Waals surface area contributed by atoms with Crippen LogP contribution in [0.15, 0.2) is 12.3 Å². The van der Waals surface area contributed by atoms with E-state index in [1.807, 2.05) is 0 Å². The number of rotatable bonds is 18. The highest BCUT2D eigenvalue weighted by molar-refractivity contribution is 6.78. The summed E-state index contributed by atoms with van der Waals surface area (Å²) < 4.78 is 56.3. The molecule has 0 amide bonds. The van der Waals surface area contributed by atoms with Crippen LogP contribution in [0.3, 0.4) is 0 Å². The lowest BCUT2D eigenvalue weighted by Gasteiger charge is -2.48. The molecule has 0 aromatic rings. The lowest BCUT2D eigenvalue weighted by molar-refractivity contribution is -0.327. The van der Waals surface area contributed by atoms with Gasteiger partial charge in [-0.05, 0) is 39.3 Å². The van der Waals surface area contributed by atoms with Gasteiger partial charge in [-0.25, -0.2) is 0 Å². The first-order valence-electron chi connectivity index (χ1n) is 19.1. The zero-order chi connectivity index (χ0) is 40.6. The lowest BCUT2D eigenvalue weighted by atomic mass is 9.97. The standard InChI is InChI=1S/C38H68O13Si2/c1-21(2)52(22(3)4,23(5)6)44-19-32-34(31(17-18-43-32)46-27(13)39)51-38-37(49-30(16)42)36(48-29(15)41)35(47-28(14)40)33(50-38)20-45-53(24(7)8,25(9)10)26(11)12/h17-18,21-26,31-38H,19-20H2,1-16H3/t31-,32?,33?,34+,35+,36+,37?,38+/m1/s1. The number of hydrogen-bond acceptors (Lipinski definition) is 13. The Balaban J connectivity index is 2.72. The summed E-state index contributed by atoms with van der Waals surface area (Å²) in [6.07, 6.45) is -6.14. The van der Waals surface area contributed by atoms with Crippen molar-refractivity contribution in [2.45, 2.75) is 193 Å². The molecule has 0 spiro atoms. The van der Waals surface area contributed by atoms with Crippen molar-refractivity contribution in [3.05, 3.63) is 12.3 Å². The summed E-state index contributed by atoms with van der Waals surface area (Å²) in [5, 5.41) is 0. The molecule has 0 aromatic carbocycles. The first kappa shape index (κ1) is 46.8. The van der Waals surface area contributed by atoms with E-state index < -0.39 is 89.5 Å². The molecule has 15 heteroatoms. The molecular formula is C38H68O13Si2. The van der Waals surface area contributed by atoms with E-state index in [9.17, 15) is 19.2 Å². The normalized spacial score (nSPS) is 26.7. The van der Waals surface area contributed by atoms with Crippen molar-refractivity contribution >= 4 is 40.5 Å². The molecule has 2 rings (SSSR count). The average molecular weight is 789 g/mol. The van der Waals surface area contributed by atoms with Crippen molar-refractivity contribution < 1.29 is 61.2 Å². The third-order valence-corrected chi connectivity index (χ3v) is 22.9. The zero-order valence-electron chi connectivity index (χ0n) is 35.0. The molecule has 0 aromatic heterocycles. The molecule has 0 saturated carbocycles. The average Bonchev–Trinajstić information content (AvgIpc) is 3.00. The SMILES string of the molecule is CC(=O)OC1[C@H](O[C@@H]2C(CO[Si](C(C)C)(C(C)C)C(C)C)OC=C[C@H]2OC(C)=O)OC(CO[Si](C(C)C)(C(C)C)C(C)C)[C@H](OC(C)=O)[C@@H]1OC(C)=O. The molecule has 1 saturated heterocycles. The summed E-state index contributed by atoms with van der Waals surface area (Å²) in [6.45, 7) is 30.9. The molecule has 0 bridgehead atoms. The monoisotopic (exact) mass is 788 g/mol. The van der Waals surface area contributed by atoms with Gasteiger partial charge in [0.05, 0.1) is 19.5 Å². The van der Waals surface area contributed by atoms with Crippen LogP contribution in [0.5, 0.6) is 0 Å². The summed E-state index contributed by atoms with van der Waals surface area (Å²) in [4.78, 5) is 50.2. The molecule has 8 atom stereocenters. The van der Waals surface area contributed by atoms with E-state index in [-0.39, 0.29) is 46.5 Å². The fourth-order valence-electron chi connectivity index (χ4n) is 8.93. The third kappa shape index (κ3) is 11.4. The number of carbonyl (C=O) groups is 4. The topological polar surface area (TPSA) is 151 Å². The Morgan fingerprint density at radius 2 is 0.906 bits per heavy atom. The minimum Gasteiger partial charge on any atom is -0.493 e. The van der Waals surface area contributed by atoms with Crippen LogP contribution in [0.25, 0.3) is 0 Å². The van der Waals surface area contributed by atoms with Crippen LogP contribution in [0.1, 0.15) is 111 Å². The van der Waals surface area contributed by atoms with Crippen LogP contribution in [-0.4, -0.2) is 103 Å². The van der Waals surface area contributed by atoms with Crippen molar-refractivity contribution in [3.63, 3.8) is 0 Å². The van der Waals surface area contributed by atoms with Gasteiger partial charge in [-0.1, -0.05) is 83.1 Å². The fourth-order valence-corrected chi connectivity index (χ4v) is 19.8. The van der Waals surface area contributed by atoms with Gasteiger partial charge in [0.25, 0.3) is 0 Å². The molecule has 0 aliphatic carbocycles. The van der Waals surface area contributed by atoms with Gasteiger partial charge in [-0.2, -0.15) is 0 Å². The summed E-state index contributed by atoms with van der Waals surface area (Å²) in [7, 11) is -4.89. The Bertz CT molecular complexity index is 1210. The molecule has 0 N–H and O–H groups in total. The third-order valence-electron chi connectivity index (χ3n) is 10.7. The first-order valence-corrected chi connectivity index (χ1v) is 23.4. The van der Waals surface area contributed by atoms with E-state index >= 15 is 0 Å². The van der Waals surface area contributed by atoms with Crippen molar-refractivity contribution in [3.8, 4) is 0 Å². The maximum absolute atomic E-state index is 12.6. The number of hydrogen-bond donors (Lipinski definition) is 0. The molecule has 2 heterocycles. The van der Waals surface area contributed by atoms with E-state index in [2.05, 4.69) is 83.1 Å². The van der Waals surface area contributed by atoms with Crippen molar-refractivity contribution in [2.75, 3.05) is 13.2 Å². The Morgan fingerprint density at radius 3 is 1.30 bits per heavy atom. The smallest absolute Gasteiger partial charge is 0.303 e. The summed E-state index contributed by atoms with van der Waals surface area (Å²) >= 11 is 0. The van der Waals surface area contributed by atoms with Gasteiger partial charge >= 0.3 is 23.9 Å². The van der Waals surface area contributed by atoms with Crippen LogP contribution < -0.4 is 0 Å². The van der Waals surface area contributed by atoms with Crippen LogP contribution in [0.2, 0.25) is 33.2 Å². The van der Waals surface area contributed by atoms with Gasteiger partial charge in [0.15, 0.2) is 39.0 Å². The highest BCUT2D eigenvalue weighted by atomic mass is 28.4. The van der Waals surface area contributed by atoms with E-state index in [4.69, 9.17) is 42.0 Å². The second-order valence-corrected chi connectivity index (χ2v) is 27.1. The van der Waals surface area contributed by atoms with E-state index in [0.717, 1.165) is 0 Å². The first-order chi connectivity index (χ1) is 24.5. The number of esters is 4. The minimum absolute atomic E-state index is 0.0323. The zero-order valence-corrected chi connectivity index (χ0v) is 37.0. The maximum atomic E-state index is 12.6. The van der Waals surface area contributed by atoms with Gasteiger partial charge in [0, 0.05) is 27.7 Å². The van der Waals surface area contributed by atoms with E-state index in [1.165, 1.54) is 34.0 Å². The fraction of sp³-hybridized carbons (Fsp3) is 0.842. The van der Waals surface area contributed by atoms with Gasteiger partial charge in [0.1, 0.15) is 18.3 Å². The Morgan fingerprint density at radius 1 is 0.528 bits per heavy atom. The molecule has 13 nitrogen and oxygen atoms in total. The molecule has 3 unspecified atom stereocenters. The highest BCUT2D eigenvalue weighted by Crippen LogP contribution is 2.44. The van der Waals surface area contributed by atoms with Gasteiger partial charge < -0.3 is 42.0 Å². The Hall–Kier alpha value is -2.31. The van der Waals surface area contributed by atoms with E-state index in [1.54, 1.807) is 6.08 Å². The quantitative estimate of drug-likeness (QED) is 0.0788. The van der Waals surface area contributed by atoms with E-state index in [0.29, 0.717) is 0 Å². The van der Waals surface area contributed by atoms with Crippen LogP contribution in [0.4, 0.5) is 0 Å². The van der Waals surface area contributed by atoms with Gasteiger partial charge in [0.2, 0.25) is 8.32 Å². The van der Waals surface area contributed by atoms with Crippen LogP contribution in [0, 0.1) is 0 Å². The van der Waals surface area contributed by atoms with Crippen LogP contribution >= 0.6 is 0 Å². The molecule has 2 aliphatic rings. The highest BCUT2D eigenvalue weighted by Gasteiger charge is 2.56. The minimum atomic E-state index is -2.49. The number of ether oxygens (including phenoxy) is 7. The summed E-state index contributed by atoms with van der Waals surface area (Å²) in [6, 6.07) is 0. The second kappa shape index (κ2) is 20.0. The number of carbonyl (C=O) groups excluding carboxylic acids is 4. The molecule has 306 valence electrons. The molecule has 0 radical (unpaired) electrons. The van der Waals surface area contributed by atoms with Crippen LogP contribution in [-0.2, 0) is 61.2 Å². The lowest BCUT2D eigenvalue weighted by Crippen LogP contribution is -2.65. The largest absolute Gasteiger partial charge is 0.493 e. The molecule has 2 aliphatic heterocycles. The second-order valence-electron chi connectivity index (χ2n) is 16.2. The molecule has 53 heavy (non-hydrogen) atoms. The Labute approximate surface area is 319 Å². The maximum Gasteiger partial charge on any atom is 0.303 e. The predicted octanol–water partition coefficient (Wildman–Crippen LogP) is 7.12.